The second kappa shape index (κ2) is 16.7. The maximum absolute atomic E-state index is 13.8. The van der Waals surface area contributed by atoms with E-state index in [0.29, 0.717) is 47.9 Å². The summed E-state index contributed by atoms with van der Waals surface area (Å²) in [6.07, 6.45) is 13.4. The molecule has 5 aliphatic rings. The number of urea groups is 1. The Morgan fingerprint density at radius 2 is 1.68 bits per heavy atom. The fourth-order valence-electron chi connectivity index (χ4n) is 10.6. The molecule has 2 saturated carbocycles. The number of carbonyl (C=O) groups excluding carboxylic acids is 3. The normalized spacial score (nSPS) is 22.6. The number of nitrogen functional groups attached to an aromatic ring is 1. The monoisotopic (exact) mass is 836 g/mol. The Morgan fingerprint density at radius 3 is 2.44 bits per heavy atom. The van der Waals surface area contributed by atoms with Crippen molar-refractivity contribution in [2.45, 2.75) is 82.6 Å². The van der Waals surface area contributed by atoms with Crippen molar-refractivity contribution in [3.05, 3.63) is 89.2 Å². The Bertz CT molecular complexity index is 2520. The molecule has 10 rings (SSSR count). The van der Waals surface area contributed by atoms with Gasteiger partial charge in [0, 0.05) is 93.4 Å². The van der Waals surface area contributed by atoms with Crippen molar-refractivity contribution in [2.24, 2.45) is 5.92 Å². The van der Waals surface area contributed by atoms with Crippen molar-refractivity contribution in [3.63, 3.8) is 0 Å². The van der Waals surface area contributed by atoms with Crippen LogP contribution in [-0.4, -0.2) is 105 Å². The summed E-state index contributed by atoms with van der Waals surface area (Å²) in [7, 11) is 0. The average Bonchev–Trinajstić information content (AvgIpc) is 4.07. The Morgan fingerprint density at radius 1 is 0.871 bits per heavy atom. The van der Waals surface area contributed by atoms with Gasteiger partial charge in [0.05, 0.1) is 23.3 Å². The fraction of sp³-hybridized carbons (Fsp3) is 0.458. The lowest BCUT2D eigenvalue weighted by molar-refractivity contribution is -0.120. The molecular weight excluding hydrogens is 781 g/mol. The maximum atomic E-state index is 13.8. The molecule has 2 aromatic carbocycles. The standard InChI is InChI=1S/C48H56N10O4/c1-30-23-33(12-15-37(30)34-5-4-17-56(28-34)42-25-41(52-53-45(42)49)38-6-2-3-7-43(38)59)47(61)55-21-19-54(20-22-55)27-31-8-13-35(14-9-31)58-29-40(32-10-11-32)39-24-36(26-50-46(39)58)57-18-16-44(60)51-48(57)62/h2-3,6-7,12,15,23-26,29,31-32,34-35,59H,4-5,8-11,13-14,16-22,27-28H2,1H3,(H2,49,53)(H,51,60,62)/t31?,34-,35?/m0/s1. The summed E-state index contributed by atoms with van der Waals surface area (Å²) >= 11 is 0. The number of piperazine rings is 1. The van der Waals surface area contributed by atoms with Gasteiger partial charge in [0.2, 0.25) is 5.91 Å². The van der Waals surface area contributed by atoms with Crippen LogP contribution >= 0.6 is 0 Å². The van der Waals surface area contributed by atoms with Crippen molar-refractivity contribution in [1.29, 1.82) is 0 Å². The van der Waals surface area contributed by atoms with Crippen LogP contribution in [-0.2, 0) is 4.79 Å². The number of piperidine rings is 1. The molecule has 14 heteroatoms. The van der Waals surface area contributed by atoms with Gasteiger partial charge in [-0.15, -0.1) is 10.2 Å². The van der Waals surface area contributed by atoms with Gasteiger partial charge < -0.3 is 25.2 Å². The summed E-state index contributed by atoms with van der Waals surface area (Å²) < 4.78 is 2.41. The van der Waals surface area contributed by atoms with E-state index in [-0.39, 0.29) is 29.5 Å². The SMILES string of the molecule is Cc1cc(C(=O)N2CCN(CC3CCC(n4cc(C5CC5)c5cc(N6CCC(=O)NC6=O)cnc54)CC3)CC2)ccc1[C@H]1CCCN(c2cc(-c3ccccc3O)nnc2N)C1. The first-order valence-electron chi connectivity index (χ1n) is 22.6. The highest BCUT2D eigenvalue weighted by Crippen LogP contribution is 2.46. The maximum Gasteiger partial charge on any atom is 0.328 e. The number of aromatic hydroxyl groups is 1. The molecule has 2 aliphatic carbocycles. The molecule has 3 aliphatic heterocycles. The highest BCUT2D eigenvalue weighted by molar-refractivity contribution is 6.06. The van der Waals surface area contributed by atoms with Gasteiger partial charge in [0.15, 0.2) is 5.82 Å². The van der Waals surface area contributed by atoms with E-state index >= 15 is 0 Å². The quantitative estimate of drug-likeness (QED) is 0.141. The predicted molar refractivity (Wildman–Crippen MR) is 239 cm³/mol. The molecule has 0 radical (unpaired) electrons. The zero-order chi connectivity index (χ0) is 42.5. The van der Waals surface area contributed by atoms with Gasteiger partial charge in [-0.1, -0.05) is 18.2 Å². The number of nitrogens with one attached hydrogen (secondary N) is 1. The summed E-state index contributed by atoms with van der Waals surface area (Å²) in [6, 6.07) is 17.4. The summed E-state index contributed by atoms with van der Waals surface area (Å²) in [4.78, 5) is 51.6. The van der Waals surface area contributed by atoms with E-state index in [4.69, 9.17) is 10.7 Å². The van der Waals surface area contributed by atoms with Crippen LogP contribution in [0.25, 0.3) is 22.3 Å². The lowest BCUT2D eigenvalue weighted by atomic mass is 9.85. The summed E-state index contributed by atoms with van der Waals surface area (Å²) in [6.45, 7) is 8.45. The smallest absolute Gasteiger partial charge is 0.328 e. The van der Waals surface area contributed by atoms with Crippen molar-refractivity contribution in [3.8, 4) is 17.0 Å². The molecule has 14 nitrogen and oxygen atoms in total. The Labute approximate surface area is 362 Å². The largest absolute Gasteiger partial charge is 0.507 e. The van der Waals surface area contributed by atoms with Crippen LogP contribution < -0.4 is 20.9 Å². The molecule has 3 aromatic heterocycles. The van der Waals surface area contributed by atoms with E-state index in [0.717, 1.165) is 105 Å². The summed E-state index contributed by atoms with van der Waals surface area (Å²) in [5.41, 5.74) is 14.6. The first kappa shape index (κ1) is 40.1. The van der Waals surface area contributed by atoms with Crippen LogP contribution in [0.4, 0.5) is 22.0 Å². The third kappa shape index (κ3) is 7.96. The number of para-hydroxylation sites is 1. The number of pyridine rings is 1. The Hall–Kier alpha value is -6.02. The van der Waals surface area contributed by atoms with Crippen molar-refractivity contribution in [2.75, 3.05) is 67.9 Å². The molecule has 5 aromatic rings. The molecule has 3 saturated heterocycles. The minimum absolute atomic E-state index is 0.108. The minimum atomic E-state index is -0.375. The van der Waals surface area contributed by atoms with Crippen LogP contribution in [0.2, 0.25) is 0 Å². The van der Waals surface area contributed by atoms with Gasteiger partial charge in [-0.2, -0.15) is 0 Å². The van der Waals surface area contributed by atoms with Gasteiger partial charge in [0.25, 0.3) is 5.91 Å². The molecule has 5 fully saturated rings. The molecule has 0 unspecified atom stereocenters. The van der Waals surface area contributed by atoms with Gasteiger partial charge >= 0.3 is 6.03 Å². The number of anilines is 3. The van der Waals surface area contributed by atoms with Gasteiger partial charge in [-0.3, -0.25) is 24.7 Å². The molecule has 1 atom stereocenters. The lowest BCUT2D eigenvalue weighted by Gasteiger charge is -2.38. The molecule has 0 bridgehead atoms. The number of aryl methyl sites for hydroxylation is 1. The second-order valence-corrected chi connectivity index (χ2v) is 18.2. The van der Waals surface area contributed by atoms with E-state index in [9.17, 15) is 19.5 Å². The van der Waals surface area contributed by atoms with Crippen LogP contribution in [0.1, 0.15) is 103 Å². The van der Waals surface area contributed by atoms with E-state index in [2.05, 4.69) is 61.2 Å². The van der Waals surface area contributed by atoms with Crippen molar-refractivity contribution >= 4 is 46.1 Å². The van der Waals surface area contributed by atoms with Crippen LogP contribution in [0, 0.1) is 12.8 Å². The number of nitrogens with two attached hydrogens (primary N) is 1. The topological polar surface area (TPSA) is 166 Å². The second-order valence-electron chi connectivity index (χ2n) is 18.2. The highest BCUT2D eigenvalue weighted by atomic mass is 16.3. The molecule has 322 valence electrons. The summed E-state index contributed by atoms with van der Waals surface area (Å²) in [5.74, 6) is 1.88. The number of nitrogens with zero attached hydrogens (tertiary/aromatic N) is 8. The first-order chi connectivity index (χ1) is 30.2. The number of aromatic nitrogens is 4. The molecule has 4 amide bonds. The average molecular weight is 837 g/mol. The number of imide groups is 1. The highest BCUT2D eigenvalue weighted by Gasteiger charge is 2.33. The van der Waals surface area contributed by atoms with Crippen LogP contribution in [0.5, 0.6) is 5.75 Å². The molecule has 6 heterocycles. The minimum Gasteiger partial charge on any atom is -0.507 e. The van der Waals surface area contributed by atoms with Crippen LogP contribution in [0.15, 0.2) is 67.0 Å². The fourth-order valence-corrected chi connectivity index (χ4v) is 10.6. The molecule has 62 heavy (non-hydrogen) atoms. The van der Waals surface area contributed by atoms with E-state index in [1.807, 2.05) is 29.2 Å². The summed E-state index contributed by atoms with van der Waals surface area (Å²) in [5, 5.41) is 22.5. The van der Waals surface area contributed by atoms with Gasteiger partial charge in [-0.05, 0) is 123 Å². The lowest BCUT2D eigenvalue weighted by Crippen LogP contribution is -2.50. The molecular formula is C48H56N10O4. The zero-order valence-electron chi connectivity index (χ0n) is 35.5. The number of hydrogen-bond acceptors (Lipinski definition) is 10. The predicted octanol–water partition coefficient (Wildman–Crippen LogP) is 6.99. The third-order valence-electron chi connectivity index (χ3n) is 14.2. The number of amides is 4. The molecule has 0 spiro atoms. The van der Waals surface area contributed by atoms with Gasteiger partial charge in [0.1, 0.15) is 11.4 Å². The molecule has 4 N–H and O–H groups in total. The number of fused-ring (bicyclic) bond motifs is 1. The van der Waals surface area contributed by atoms with E-state index in [1.165, 1.54) is 36.8 Å². The van der Waals surface area contributed by atoms with Crippen LogP contribution in [0.3, 0.4) is 0 Å². The van der Waals surface area contributed by atoms with E-state index in [1.54, 1.807) is 23.2 Å². The van der Waals surface area contributed by atoms with E-state index < -0.39 is 0 Å². The Balaban J connectivity index is 0.725. The van der Waals surface area contributed by atoms with Crippen molar-refractivity contribution < 1.29 is 19.5 Å². The number of phenols is 1. The third-order valence-corrected chi connectivity index (χ3v) is 14.2. The number of phenolic OH excluding ortho intramolecular Hbond substituents is 1. The number of benzene rings is 2. The zero-order valence-corrected chi connectivity index (χ0v) is 35.5. The number of carbonyl (C=O) groups is 3. The van der Waals surface area contributed by atoms with Crippen molar-refractivity contribution in [1.82, 2.24) is 34.9 Å². The number of rotatable bonds is 9. The first-order valence-corrected chi connectivity index (χ1v) is 22.6. The Kier molecular flexibility index (Phi) is 10.8. The number of hydrogen-bond donors (Lipinski definition) is 3. The van der Waals surface area contributed by atoms with Gasteiger partial charge in [-0.25, -0.2) is 9.78 Å².